The van der Waals surface area contributed by atoms with E-state index < -0.39 is 6.04 Å². The number of rotatable bonds is 2. The molecule has 1 unspecified atom stereocenters. The van der Waals surface area contributed by atoms with Crippen LogP contribution in [0.1, 0.15) is 6.92 Å². The Balaban J connectivity index is 3.83. The fourth-order valence-corrected chi connectivity index (χ4v) is 0.265. The maximum absolute atomic E-state index is 6.82. The molecule has 5 N–H and O–H groups in total. The molecular formula is C5H11N3. The summed E-state index contributed by atoms with van der Waals surface area (Å²) in [4.78, 5) is 0. The lowest BCUT2D eigenvalue weighted by atomic mass is 10.1. The average Bonchev–Trinajstić information content (AvgIpc) is 1.64. The highest BCUT2D eigenvalue weighted by Crippen LogP contribution is 1.90. The van der Waals surface area contributed by atoms with Gasteiger partial charge in [0.2, 0.25) is 0 Å². The second-order valence-electron chi connectivity index (χ2n) is 1.78. The predicted octanol–water partition coefficient (Wildman–Crippen LogP) is -0.174. The first-order chi connectivity index (χ1) is 3.55. The molecule has 1 atom stereocenters. The van der Waals surface area contributed by atoms with Crippen LogP contribution >= 0.6 is 0 Å². The first-order valence-corrected chi connectivity index (χ1v) is 2.30. The summed E-state index contributed by atoms with van der Waals surface area (Å²) in [6, 6.07) is -0.463. The van der Waals surface area contributed by atoms with Crippen LogP contribution in [0.4, 0.5) is 0 Å². The summed E-state index contributed by atoms with van der Waals surface area (Å²) >= 11 is 0. The Bertz CT molecular complexity index is 103. The van der Waals surface area contributed by atoms with Crippen molar-refractivity contribution in [1.82, 2.24) is 0 Å². The summed E-state index contributed by atoms with van der Waals surface area (Å²) in [5.41, 5.74) is 11.1. The third kappa shape index (κ3) is 1.75. The van der Waals surface area contributed by atoms with Gasteiger partial charge in [-0.2, -0.15) is 0 Å². The zero-order valence-electron chi connectivity index (χ0n) is 4.94. The normalized spacial score (nSPS) is 12.8. The van der Waals surface area contributed by atoms with E-state index >= 15 is 0 Å². The van der Waals surface area contributed by atoms with Gasteiger partial charge in [0.25, 0.3) is 0 Å². The predicted molar refractivity (Wildman–Crippen MR) is 34.7 cm³/mol. The van der Waals surface area contributed by atoms with Gasteiger partial charge < -0.3 is 11.5 Å². The van der Waals surface area contributed by atoms with Crippen LogP contribution < -0.4 is 11.5 Å². The first kappa shape index (κ1) is 7.17. The summed E-state index contributed by atoms with van der Waals surface area (Å²) in [5, 5.41) is 6.82. The van der Waals surface area contributed by atoms with Crippen LogP contribution in [0.5, 0.6) is 0 Å². The molecule has 0 saturated heterocycles. The molecule has 0 fully saturated rings. The van der Waals surface area contributed by atoms with Crippen molar-refractivity contribution >= 4 is 5.84 Å². The Labute approximate surface area is 48.9 Å². The molecule has 0 aliphatic heterocycles. The molecule has 46 valence electrons. The molecule has 0 aromatic heterocycles. The van der Waals surface area contributed by atoms with Gasteiger partial charge >= 0.3 is 0 Å². The smallest absolute Gasteiger partial charge is 0.112 e. The van der Waals surface area contributed by atoms with Gasteiger partial charge in [-0.25, -0.2) is 0 Å². The number of hydrogen-bond acceptors (Lipinski definition) is 2. The van der Waals surface area contributed by atoms with Gasteiger partial charge in [-0.3, -0.25) is 5.41 Å². The molecule has 3 heteroatoms. The molecule has 8 heavy (non-hydrogen) atoms. The summed E-state index contributed by atoms with van der Waals surface area (Å²) < 4.78 is 0. The second kappa shape index (κ2) is 2.47. The molecule has 0 radical (unpaired) electrons. The van der Waals surface area contributed by atoms with Crippen LogP contribution in [0.3, 0.4) is 0 Å². The Hall–Kier alpha value is -0.830. The minimum absolute atomic E-state index is 0.0301. The van der Waals surface area contributed by atoms with E-state index in [1.165, 1.54) is 0 Å². The second-order valence-corrected chi connectivity index (χ2v) is 1.78. The van der Waals surface area contributed by atoms with Gasteiger partial charge in [-0.05, 0) is 6.92 Å². The summed E-state index contributed by atoms with van der Waals surface area (Å²) in [6.45, 7) is 5.27. The van der Waals surface area contributed by atoms with Gasteiger partial charge in [0.1, 0.15) is 5.84 Å². The van der Waals surface area contributed by atoms with Crippen LogP contribution in [0.25, 0.3) is 0 Å². The standard InChI is InChI=1S/C5H11N3/c1-3(2)4(6)5(7)8/h4H,1,6H2,2H3,(H3,7,8). The van der Waals surface area contributed by atoms with Gasteiger partial charge in [0.05, 0.1) is 6.04 Å². The molecule has 0 rings (SSSR count). The summed E-state index contributed by atoms with van der Waals surface area (Å²) in [7, 11) is 0. The van der Waals surface area contributed by atoms with E-state index in [0.717, 1.165) is 5.57 Å². The zero-order chi connectivity index (χ0) is 6.73. The highest BCUT2D eigenvalue weighted by Gasteiger charge is 2.03. The van der Waals surface area contributed by atoms with E-state index in [4.69, 9.17) is 16.9 Å². The average molecular weight is 113 g/mol. The Morgan fingerprint density at radius 3 is 2.12 bits per heavy atom. The molecule has 3 nitrogen and oxygen atoms in total. The van der Waals surface area contributed by atoms with Crippen LogP contribution in [0, 0.1) is 5.41 Å². The van der Waals surface area contributed by atoms with Gasteiger partial charge in [0.15, 0.2) is 0 Å². The van der Waals surface area contributed by atoms with Crippen molar-refractivity contribution < 1.29 is 0 Å². The molecule has 0 saturated carbocycles. The minimum Gasteiger partial charge on any atom is -0.386 e. The Morgan fingerprint density at radius 2 is 2.12 bits per heavy atom. The van der Waals surface area contributed by atoms with E-state index in [-0.39, 0.29) is 5.84 Å². The maximum atomic E-state index is 6.82. The van der Waals surface area contributed by atoms with E-state index in [1.807, 2.05) is 0 Å². The molecule has 0 heterocycles. The van der Waals surface area contributed by atoms with Gasteiger partial charge in [-0.1, -0.05) is 12.2 Å². The number of amidine groups is 1. The zero-order valence-corrected chi connectivity index (χ0v) is 4.94. The van der Waals surface area contributed by atoms with Crippen molar-refractivity contribution in [2.45, 2.75) is 13.0 Å². The lowest BCUT2D eigenvalue weighted by Crippen LogP contribution is -2.36. The van der Waals surface area contributed by atoms with Crippen LogP contribution in [-0.2, 0) is 0 Å². The van der Waals surface area contributed by atoms with Crippen molar-refractivity contribution in [3.05, 3.63) is 12.2 Å². The van der Waals surface area contributed by atoms with E-state index in [9.17, 15) is 0 Å². The molecular weight excluding hydrogens is 102 g/mol. The Kier molecular flexibility index (Phi) is 2.21. The number of nitrogens with two attached hydrogens (primary N) is 2. The fourth-order valence-electron chi connectivity index (χ4n) is 0.265. The number of nitrogens with one attached hydrogen (secondary N) is 1. The van der Waals surface area contributed by atoms with Crippen molar-refractivity contribution in [1.29, 1.82) is 5.41 Å². The molecule has 0 amide bonds. The van der Waals surface area contributed by atoms with Crippen molar-refractivity contribution in [2.24, 2.45) is 11.5 Å². The SMILES string of the molecule is C=C(C)C(N)C(=N)N. The fraction of sp³-hybridized carbons (Fsp3) is 0.400. The van der Waals surface area contributed by atoms with Gasteiger partial charge in [0, 0.05) is 0 Å². The lowest BCUT2D eigenvalue weighted by Gasteiger charge is -2.06. The maximum Gasteiger partial charge on any atom is 0.112 e. The van der Waals surface area contributed by atoms with E-state index in [1.54, 1.807) is 6.92 Å². The van der Waals surface area contributed by atoms with Crippen LogP contribution in [0.2, 0.25) is 0 Å². The minimum atomic E-state index is -0.463. The lowest BCUT2D eigenvalue weighted by molar-refractivity contribution is 0.977. The summed E-state index contributed by atoms with van der Waals surface area (Å²) in [5.74, 6) is -0.0301. The monoisotopic (exact) mass is 113 g/mol. The molecule has 0 aromatic carbocycles. The first-order valence-electron chi connectivity index (χ1n) is 2.30. The van der Waals surface area contributed by atoms with Crippen molar-refractivity contribution in [2.75, 3.05) is 0 Å². The quantitative estimate of drug-likeness (QED) is 0.264. The number of hydrogen-bond donors (Lipinski definition) is 3. The van der Waals surface area contributed by atoms with E-state index in [2.05, 4.69) is 6.58 Å². The molecule has 0 spiro atoms. The van der Waals surface area contributed by atoms with E-state index in [0.29, 0.717) is 0 Å². The highest BCUT2D eigenvalue weighted by atomic mass is 14.8. The molecule has 0 aliphatic rings. The van der Waals surface area contributed by atoms with Crippen LogP contribution in [-0.4, -0.2) is 11.9 Å². The third-order valence-corrected chi connectivity index (χ3v) is 0.866. The third-order valence-electron chi connectivity index (χ3n) is 0.866. The molecule has 0 aliphatic carbocycles. The topological polar surface area (TPSA) is 75.9 Å². The Morgan fingerprint density at radius 1 is 1.75 bits per heavy atom. The molecule has 0 aromatic rings. The van der Waals surface area contributed by atoms with Crippen molar-refractivity contribution in [3.8, 4) is 0 Å². The highest BCUT2D eigenvalue weighted by molar-refractivity contribution is 5.85. The largest absolute Gasteiger partial charge is 0.386 e. The molecule has 0 bridgehead atoms. The van der Waals surface area contributed by atoms with Crippen molar-refractivity contribution in [3.63, 3.8) is 0 Å². The summed E-state index contributed by atoms with van der Waals surface area (Å²) in [6.07, 6.45) is 0. The van der Waals surface area contributed by atoms with Gasteiger partial charge in [-0.15, -0.1) is 0 Å². The van der Waals surface area contributed by atoms with Crippen LogP contribution in [0.15, 0.2) is 12.2 Å².